The van der Waals surface area contributed by atoms with Crippen molar-refractivity contribution in [2.24, 2.45) is 5.92 Å². The first-order valence-electron chi connectivity index (χ1n) is 13.9. The van der Waals surface area contributed by atoms with E-state index in [9.17, 15) is 9.59 Å². The van der Waals surface area contributed by atoms with Crippen LogP contribution in [0.4, 0.5) is 5.69 Å². The molecule has 218 valence electrons. The van der Waals surface area contributed by atoms with Crippen LogP contribution >= 0.6 is 0 Å². The van der Waals surface area contributed by atoms with Crippen LogP contribution in [0.15, 0.2) is 78.9 Å². The van der Waals surface area contributed by atoms with Crippen LogP contribution < -0.4 is 19.5 Å². The number of nitrogens with zero attached hydrogens (tertiary/aromatic N) is 4. The van der Waals surface area contributed by atoms with Gasteiger partial charge in [-0.05, 0) is 67.1 Å². The molecule has 1 aliphatic rings. The normalized spacial score (nSPS) is 15.2. The van der Waals surface area contributed by atoms with Crippen LogP contribution in [-0.2, 0) is 22.7 Å². The summed E-state index contributed by atoms with van der Waals surface area (Å²) < 4.78 is 17.8. The van der Waals surface area contributed by atoms with Crippen molar-refractivity contribution >= 4 is 28.5 Å². The summed E-state index contributed by atoms with van der Waals surface area (Å²) in [5, 5.41) is 11.5. The lowest BCUT2D eigenvalue weighted by atomic mass is 9.85. The molecule has 1 N–H and O–H groups in total. The molecule has 0 saturated heterocycles. The van der Waals surface area contributed by atoms with Crippen molar-refractivity contribution in [3.8, 4) is 17.2 Å². The Morgan fingerprint density at radius 2 is 1.74 bits per heavy atom. The van der Waals surface area contributed by atoms with Crippen LogP contribution in [0.1, 0.15) is 24.8 Å². The molecule has 4 aromatic rings. The molecule has 10 nitrogen and oxygen atoms in total. The van der Waals surface area contributed by atoms with E-state index in [0.29, 0.717) is 34.9 Å². The van der Waals surface area contributed by atoms with Gasteiger partial charge < -0.3 is 24.4 Å². The van der Waals surface area contributed by atoms with Crippen LogP contribution in [0.3, 0.4) is 0 Å². The first-order chi connectivity index (χ1) is 20.5. The topological polar surface area (TPSA) is 108 Å². The summed E-state index contributed by atoms with van der Waals surface area (Å²) in [6.45, 7) is 0.169. The number of fused-ring (bicyclic) bond motifs is 1. The van der Waals surface area contributed by atoms with Gasteiger partial charge in [-0.3, -0.25) is 9.59 Å². The van der Waals surface area contributed by atoms with Crippen LogP contribution in [0, 0.1) is 5.92 Å². The summed E-state index contributed by atoms with van der Waals surface area (Å²) in [6.07, 6.45) is 6.49. The summed E-state index contributed by atoms with van der Waals surface area (Å²) in [7, 11) is 4.72. The van der Waals surface area contributed by atoms with Gasteiger partial charge in [0, 0.05) is 12.6 Å². The predicted molar refractivity (Wildman–Crippen MR) is 160 cm³/mol. The van der Waals surface area contributed by atoms with Gasteiger partial charge in [0.2, 0.25) is 11.8 Å². The van der Waals surface area contributed by atoms with E-state index in [1.165, 1.54) is 7.11 Å². The number of anilines is 1. The van der Waals surface area contributed by atoms with Gasteiger partial charge in [-0.1, -0.05) is 41.6 Å². The fourth-order valence-corrected chi connectivity index (χ4v) is 5.34. The van der Waals surface area contributed by atoms with Crippen LogP contribution in [0.25, 0.3) is 11.0 Å². The molecule has 2 unspecified atom stereocenters. The van der Waals surface area contributed by atoms with Gasteiger partial charge in [0.1, 0.15) is 35.4 Å². The zero-order chi connectivity index (χ0) is 29.5. The van der Waals surface area contributed by atoms with Crippen molar-refractivity contribution in [2.45, 2.75) is 38.4 Å². The number of hydrogen-bond acceptors (Lipinski definition) is 7. The SMILES string of the molecule is COc1ccc(CN(C(=O)Cn2nnc3ccccc32)C(C(=O)Nc2ccc(OC)cc2OC)C2CC=CCC2)cc1. The van der Waals surface area contributed by atoms with E-state index in [2.05, 4.69) is 27.8 Å². The molecule has 0 saturated carbocycles. The fraction of sp³-hybridized carbons (Fsp3) is 0.312. The van der Waals surface area contributed by atoms with Crippen LogP contribution in [0.5, 0.6) is 17.2 Å². The molecule has 1 aromatic heterocycles. The molecule has 42 heavy (non-hydrogen) atoms. The van der Waals surface area contributed by atoms with Crippen molar-refractivity contribution < 1.29 is 23.8 Å². The Morgan fingerprint density at radius 1 is 0.976 bits per heavy atom. The van der Waals surface area contributed by atoms with Gasteiger partial charge in [-0.25, -0.2) is 4.68 Å². The Bertz CT molecular complexity index is 1570. The molecule has 0 aliphatic heterocycles. The molecule has 1 heterocycles. The molecule has 0 bridgehead atoms. The molecule has 2 atom stereocenters. The van der Waals surface area contributed by atoms with E-state index in [-0.39, 0.29) is 30.8 Å². The van der Waals surface area contributed by atoms with E-state index >= 15 is 0 Å². The van der Waals surface area contributed by atoms with Crippen molar-refractivity contribution in [2.75, 3.05) is 26.6 Å². The van der Waals surface area contributed by atoms with Crippen molar-refractivity contribution in [1.82, 2.24) is 19.9 Å². The Hall–Kier alpha value is -4.86. The fourth-order valence-electron chi connectivity index (χ4n) is 5.34. The third kappa shape index (κ3) is 6.38. The average molecular weight is 570 g/mol. The van der Waals surface area contributed by atoms with Gasteiger partial charge in [0.25, 0.3) is 0 Å². The molecule has 5 rings (SSSR count). The summed E-state index contributed by atoms with van der Waals surface area (Å²) in [5.74, 6) is 1.17. The molecule has 3 aromatic carbocycles. The molecule has 0 radical (unpaired) electrons. The molecular formula is C32H35N5O5. The van der Waals surface area contributed by atoms with Crippen molar-refractivity contribution in [3.05, 3.63) is 84.4 Å². The first-order valence-corrected chi connectivity index (χ1v) is 13.9. The number of ether oxygens (including phenoxy) is 3. The second-order valence-electron chi connectivity index (χ2n) is 10.2. The van der Waals surface area contributed by atoms with Crippen molar-refractivity contribution in [3.63, 3.8) is 0 Å². The zero-order valence-electron chi connectivity index (χ0n) is 24.0. The first kappa shape index (κ1) is 28.7. The number of hydrogen-bond donors (Lipinski definition) is 1. The van der Waals surface area contributed by atoms with Crippen LogP contribution in [-0.4, -0.2) is 59.1 Å². The lowest BCUT2D eigenvalue weighted by Crippen LogP contribution is -2.52. The standard InChI is InChI=1S/C32H35N5O5/c1-40-24-15-13-22(14-16-24)20-36(30(38)21-37-28-12-8-7-11-26(28)34-35-37)31(23-9-5-4-6-10-23)32(39)33-27-18-17-25(41-2)19-29(27)42-3/h4-5,7-8,11-19,23,31H,6,9-10,20-21H2,1-3H3,(H,33,39). The monoisotopic (exact) mass is 569 g/mol. The summed E-state index contributed by atoms with van der Waals surface area (Å²) in [5.41, 5.74) is 2.82. The minimum absolute atomic E-state index is 0.0607. The van der Waals surface area contributed by atoms with Gasteiger partial charge in [0.05, 0.1) is 32.5 Å². The number of amides is 2. The second-order valence-corrected chi connectivity index (χ2v) is 10.2. The highest BCUT2D eigenvalue weighted by Crippen LogP contribution is 2.32. The van der Waals surface area contributed by atoms with Gasteiger partial charge in [0.15, 0.2) is 0 Å². The minimum Gasteiger partial charge on any atom is -0.497 e. The molecule has 10 heteroatoms. The Labute approximate surface area is 244 Å². The van der Waals surface area contributed by atoms with E-state index in [1.54, 1.807) is 42.0 Å². The average Bonchev–Trinajstić information content (AvgIpc) is 3.44. The maximum Gasteiger partial charge on any atom is 0.247 e. The van der Waals surface area contributed by atoms with E-state index in [4.69, 9.17) is 14.2 Å². The maximum atomic E-state index is 14.2. The number of rotatable bonds is 11. The van der Waals surface area contributed by atoms with Gasteiger partial charge in [-0.2, -0.15) is 0 Å². The largest absolute Gasteiger partial charge is 0.497 e. The minimum atomic E-state index is -0.758. The molecule has 0 fully saturated rings. The number of carbonyl (C=O) groups is 2. The number of carbonyl (C=O) groups excluding carboxylic acids is 2. The summed E-state index contributed by atoms with van der Waals surface area (Å²) >= 11 is 0. The highest BCUT2D eigenvalue weighted by molar-refractivity contribution is 5.98. The number of methoxy groups -OCH3 is 3. The molecular weight excluding hydrogens is 534 g/mol. The third-order valence-electron chi connectivity index (χ3n) is 7.56. The lowest BCUT2D eigenvalue weighted by molar-refractivity contribution is -0.142. The Kier molecular flexibility index (Phi) is 9.01. The Morgan fingerprint density at radius 3 is 2.45 bits per heavy atom. The zero-order valence-corrected chi connectivity index (χ0v) is 24.0. The quantitative estimate of drug-likeness (QED) is 0.257. The number of nitrogens with one attached hydrogen (secondary N) is 1. The number of aromatic nitrogens is 3. The smallest absolute Gasteiger partial charge is 0.247 e. The van der Waals surface area contributed by atoms with Gasteiger partial charge in [-0.15, -0.1) is 5.10 Å². The molecule has 0 spiro atoms. The summed E-state index contributed by atoms with van der Waals surface area (Å²) in [4.78, 5) is 30.1. The molecule has 2 amide bonds. The molecule has 1 aliphatic carbocycles. The highest BCUT2D eigenvalue weighted by atomic mass is 16.5. The number of para-hydroxylation sites is 1. The third-order valence-corrected chi connectivity index (χ3v) is 7.56. The Balaban J connectivity index is 1.51. The number of benzene rings is 3. The van der Waals surface area contributed by atoms with Crippen LogP contribution in [0.2, 0.25) is 0 Å². The van der Waals surface area contributed by atoms with E-state index in [1.807, 2.05) is 48.5 Å². The van der Waals surface area contributed by atoms with E-state index < -0.39 is 6.04 Å². The predicted octanol–water partition coefficient (Wildman–Crippen LogP) is 4.85. The van der Waals surface area contributed by atoms with Gasteiger partial charge >= 0.3 is 0 Å². The summed E-state index contributed by atoms with van der Waals surface area (Å²) in [6, 6.07) is 19.5. The van der Waals surface area contributed by atoms with Crippen molar-refractivity contribution in [1.29, 1.82) is 0 Å². The number of allylic oxidation sites excluding steroid dienone is 2. The van der Waals surface area contributed by atoms with E-state index in [0.717, 1.165) is 23.9 Å². The second kappa shape index (κ2) is 13.2. The maximum absolute atomic E-state index is 14.2. The highest BCUT2D eigenvalue weighted by Gasteiger charge is 2.37. The lowest BCUT2D eigenvalue weighted by Gasteiger charge is -2.37.